The molecule has 31 heavy (non-hydrogen) atoms. The predicted octanol–water partition coefficient (Wildman–Crippen LogP) is 5.93. The number of rotatable bonds is 5. The van der Waals surface area contributed by atoms with Crippen LogP contribution in [-0.2, 0) is 15.6 Å². The van der Waals surface area contributed by atoms with Gasteiger partial charge >= 0.3 is 0 Å². The Kier molecular flexibility index (Phi) is 7.17. The maximum atomic E-state index is 12.8. The number of hydrogen-bond donors (Lipinski definition) is 2. The van der Waals surface area contributed by atoms with Crippen LogP contribution < -0.4 is 10.1 Å². The summed E-state index contributed by atoms with van der Waals surface area (Å²) >= 11 is 0. The smallest absolute Gasteiger partial charge is 0.266 e. The van der Waals surface area contributed by atoms with Crippen molar-refractivity contribution in [2.75, 3.05) is 11.9 Å². The first-order chi connectivity index (χ1) is 14.4. The van der Waals surface area contributed by atoms with Crippen molar-refractivity contribution in [1.29, 1.82) is 5.26 Å². The van der Waals surface area contributed by atoms with Crippen molar-refractivity contribution in [3.05, 3.63) is 58.7 Å². The summed E-state index contributed by atoms with van der Waals surface area (Å²) in [6, 6.07) is 12.8. The Labute approximate surface area is 185 Å². The summed E-state index contributed by atoms with van der Waals surface area (Å²) in [4.78, 5) is 12.8. The molecular weight excluding hydrogens is 388 g/mol. The van der Waals surface area contributed by atoms with Gasteiger partial charge in [-0.3, -0.25) is 4.79 Å². The van der Waals surface area contributed by atoms with Gasteiger partial charge < -0.3 is 15.2 Å². The molecule has 0 aromatic heterocycles. The molecular formula is C26H32N2O3. The molecule has 5 heteroatoms. The summed E-state index contributed by atoms with van der Waals surface area (Å²) in [6.45, 7) is 14.4. The number of nitrogens with zero attached hydrogens (tertiary/aromatic N) is 1. The Hall–Kier alpha value is -3.26. The zero-order valence-electron chi connectivity index (χ0n) is 19.5. The van der Waals surface area contributed by atoms with Crippen LogP contribution in [-0.4, -0.2) is 17.6 Å². The third-order valence-corrected chi connectivity index (χ3v) is 4.86. The Morgan fingerprint density at radius 1 is 1.10 bits per heavy atom. The van der Waals surface area contributed by atoms with E-state index in [-0.39, 0.29) is 22.2 Å². The first-order valence-corrected chi connectivity index (χ1v) is 10.4. The van der Waals surface area contributed by atoms with Crippen molar-refractivity contribution in [2.24, 2.45) is 0 Å². The van der Waals surface area contributed by atoms with Crippen LogP contribution in [0.4, 0.5) is 5.69 Å². The first-order valence-electron chi connectivity index (χ1n) is 10.4. The van der Waals surface area contributed by atoms with E-state index in [0.29, 0.717) is 23.6 Å². The maximum absolute atomic E-state index is 12.8. The van der Waals surface area contributed by atoms with Crippen molar-refractivity contribution in [3.63, 3.8) is 0 Å². The highest BCUT2D eigenvalue weighted by atomic mass is 16.5. The lowest BCUT2D eigenvalue weighted by atomic mass is 9.78. The van der Waals surface area contributed by atoms with Gasteiger partial charge in [-0.15, -0.1) is 0 Å². The molecule has 2 N–H and O–H groups in total. The van der Waals surface area contributed by atoms with E-state index >= 15 is 0 Å². The van der Waals surface area contributed by atoms with Crippen molar-refractivity contribution in [2.45, 2.75) is 59.3 Å². The maximum Gasteiger partial charge on any atom is 0.266 e. The number of aromatic hydroxyl groups is 1. The Morgan fingerprint density at radius 2 is 1.65 bits per heavy atom. The zero-order chi connectivity index (χ0) is 23.4. The summed E-state index contributed by atoms with van der Waals surface area (Å²) < 4.78 is 5.54. The fraction of sp³-hybridized carbons (Fsp3) is 0.385. The highest BCUT2D eigenvalue weighted by Gasteiger charge is 2.26. The third-order valence-electron chi connectivity index (χ3n) is 4.86. The Balaban J connectivity index is 2.51. The second-order valence-corrected chi connectivity index (χ2v) is 9.52. The first kappa shape index (κ1) is 24.0. The molecule has 0 saturated carbocycles. The molecule has 0 atom stereocenters. The van der Waals surface area contributed by atoms with E-state index in [2.05, 4.69) is 5.32 Å². The number of hydrogen-bond acceptors (Lipinski definition) is 4. The molecule has 0 aliphatic heterocycles. The second kappa shape index (κ2) is 9.26. The van der Waals surface area contributed by atoms with Gasteiger partial charge in [0, 0.05) is 11.1 Å². The number of carbonyl (C=O) groups excluding carboxylic acids is 1. The minimum Gasteiger partial charge on any atom is -0.507 e. The average molecular weight is 421 g/mol. The highest BCUT2D eigenvalue weighted by molar-refractivity contribution is 6.10. The number of benzene rings is 2. The van der Waals surface area contributed by atoms with E-state index in [1.807, 2.05) is 72.7 Å². The SMILES string of the molecule is CCOc1ccccc1NC(=O)/C(C#N)=C/c1cc(C(C)(C)C)c(O)c(C(C)(C)C)c1. The quantitative estimate of drug-likeness (QED) is 0.464. The fourth-order valence-corrected chi connectivity index (χ4v) is 3.24. The van der Waals surface area contributed by atoms with Crippen LogP contribution in [0.25, 0.3) is 6.08 Å². The molecule has 0 unspecified atom stereocenters. The average Bonchev–Trinajstić information content (AvgIpc) is 2.66. The van der Waals surface area contributed by atoms with Crippen LogP contribution in [0.2, 0.25) is 0 Å². The molecule has 0 saturated heterocycles. The highest BCUT2D eigenvalue weighted by Crippen LogP contribution is 2.40. The van der Waals surface area contributed by atoms with Gasteiger partial charge in [-0.1, -0.05) is 53.7 Å². The van der Waals surface area contributed by atoms with Gasteiger partial charge in [0.15, 0.2) is 0 Å². The van der Waals surface area contributed by atoms with Crippen molar-refractivity contribution < 1.29 is 14.6 Å². The molecule has 5 nitrogen and oxygen atoms in total. The molecule has 1 amide bonds. The summed E-state index contributed by atoms with van der Waals surface area (Å²) in [6.07, 6.45) is 1.56. The fourth-order valence-electron chi connectivity index (χ4n) is 3.24. The van der Waals surface area contributed by atoms with Crippen molar-refractivity contribution in [1.82, 2.24) is 0 Å². The van der Waals surface area contributed by atoms with Gasteiger partial charge in [-0.25, -0.2) is 0 Å². The van der Waals surface area contributed by atoms with Crippen molar-refractivity contribution >= 4 is 17.7 Å². The van der Waals surface area contributed by atoms with Crippen LogP contribution in [0, 0.1) is 11.3 Å². The molecule has 0 spiro atoms. The van der Waals surface area contributed by atoms with Crippen LogP contribution in [0.1, 0.15) is 65.2 Å². The lowest BCUT2D eigenvalue weighted by molar-refractivity contribution is -0.112. The molecule has 0 radical (unpaired) electrons. The van der Waals surface area contributed by atoms with Gasteiger partial charge in [0.2, 0.25) is 0 Å². The van der Waals surface area contributed by atoms with E-state index in [0.717, 1.165) is 11.1 Å². The summed E-state index contributed by atoms with van der Waals surface area (Å²) in [5.74, 6) is 0.286. The number of amides is 1. The summed E-state index contributed by atoms with van der Waals surface area (Å²) in [5.41, 5.74) is 2.09. The third kappa shape index (κ3) is 5.88. The van der Waals surface area contributed by atoms with E-state index in [4.69, 9.17) is 4.74 Å². The van der Waals surface area contributed by atoms with Gasteiger partial charge in [-0.2, -0.15) is 5.26 Å². The lowest BCUT2D eigenvalue weighted by Gasteiger charge is -2.28. The second-order valence-electron chi connectivity index (χ2n) is 9.52. The number of ether oxygens (including phenoxy) is 1. The van der Waals surface area contributed by atoms with Crippen LogP contribution in [0.3, 0.4) is 0 Å². The number of carbonyl (C=O) groups is 1. The molecule has 0 heterocycles. The molecule has 2 aromatic carbocycles. The lowest BCUT2D eigenvalue weighted by Crippen LogP contribution is -2.18. The van der Waals surface area contributed by atoms with E-state index in [1.54, 1.807) is 24.3 Å². The number of para-hydroxylation sites is 2. The standard InChI is InChI=1S/C26H32N2O3/c1-8-31-22-12-10-9-11-21(22)28-24(30)18(16-27)13-17-14-19(25(2,3)4)23(29)20(15-17)26(5,6)7/h9-15,29H,8H2,1-7H3,(H,28,30)/b18-13+. The molecule has 0 bridgehead atoms. The number of nitrogens with one attached hydrogen (secondary N) is 1. The number of phenolic OH excluding ortho intramolecular Hbond substituents is 1. The topological polar surface area (TPSA) is 82.3 Å². The zero-order valence-corrected chi connectivity index (χ0v) is 19.5. The summed E-state index contributed by atoms with van der Waals surface area (Å²) in [5, 5.41) is 23.3. The van der Waals surface area contributed by atoms with Crippen LogP contribution in [0.15, 0.2) is 42.0 Å². The van der Waals surface area contributed by atoms with Gasteiger partial charge in [0.05, 0.1) is 12.3 Å². The van der Waals surface area contributed by atoms with Gasteiger partial charge in [0.1, 0.15) is 23.1 Å². The predicted molar refractivity (Wildman–Crippen MR) is 125 cm³/mol. The van der Waals surface area contributed by atoms with E-state index in [9.17, 15) is 15.2 Å². The molecule has 0 fully saturated rings. The molecule has 164 valence electrons. The number of phenols is 1. The number of anilines is 1. The Morgan fingerprint density at radius 3 is 2.13 bits per heavy atom. The molecule has 0 aliphatic carbocycles. The van der Waals surface area contributed by atoms with Gasteiger partial charge in [-0.05, 0) is 53.7 Å². The van der Waals surface area contributed by atoms with Crippen molar-refractivity contribution in [3.8, 4) is 17.6 Å². The van der Waals surface area contributed by atoms with Crippen LogP contribution in [0.5, 0.6) is 11.5 Å². The van der Waals surface area contributed by atoms with Crippen LogP contribution >= 0.6 is 0 Å². The normalized spacial score (nSPS) is 12.3. The molecule has 2 aromatic rings. The van der Waals surface area contributed by atoms with E-state index in [1.165, 1.54) is 0 Å². The summed E-state index contributed by atoms with van der Waals surface area (Å²) in [7, 11) is 0. The minimum atomic E-state index is -0.516. The molecule has 2 rings (SSSR count). The monoisotopic (exact) mass is 420 g/mol. The van der Waals surface area contributed by atoms with E-state index < -0.39 is 5.91 Å². The minimum absolute atomic E-state index is 0.0308. The Bertz CT molecular complexity index is 997. The molecule has 0 aliphatic rings. The largest absolute Gasteiger partial charge is 0.507 e. The van der Waals surface area contributed by atoms with Gasteiger partial charge in [0.25, 0.3) is 5.91 Å². The number of nitriles is 1.